The van der Waals surface area contributed by atoms with Crippen molar-refractivity contribution in [1.29, 1.82) is 0 Å². The molecule has 114 valence electrons. The standard InChI is InChI=1S/C14H26N4O2/c1-4-11-12(19)16-7-10-18(11)13(20)14(2,3)17-8-5-15-6-9-17/h11,15H,4-10H2,1-3H3,(H,16,19). The first-order valence-corrected chi connectivity index (χ1v) is 7.53. The maximum atomic E-state index is 12.9. The molecule has 20 heavy (non-hydrogen) atoms. The van der Waals surface area contributed by atoms with Crippen LogP contribution in [0.25, 0.3) is 0 Å². The summed E-state index contributed by atoms with van der Waals surface area (Å²) in [6.45, 7) is 10.6. The van der Waals surface area contributed by atoms with Crippen molar-refractivity contribution in [2.24, 2.45) is 0 Å². The van der Waals surface area contributed by atoms with Gasteiger partial charge in [-0.05, 0) is 20.3 Å². The zero-order valence-corrected chi connectivity index (χ0v) is 12.7. The molecule has 6 nitrogen and oxygen atoms in total. The third-order valence-corrected chi connectivity index (χ3v) is 4.41. The molecule has 6 heteroatoms. The Balaban J connectivity index is 2.13. The van der Waals surface area contributed by atoms with Crippen LogP contribution in [-0.2, 0) is 9.59 Å². The smallest absolute Gasteiger partial charge is 0.243 e. The van der Waals surface area contributed by atoms with Gasteiger partial charge in [0.2, 0.25) is 11.8 Å². The number of hydrogen-bond donors (Lipinski definition) is 2. The third kappa shape index (κ3) is 2.81. The molecule has 1 unspecified atom stereocenters. The summed E-state index contributed by atoms with van der Waals surface area (Å²) in [6.07, 6.45) is 0.662. The first-order chi connectivity index (χ1) is 9.48. The molecule has 2 rings (SSSR count). The Bertz CT molecular complexity index is 377. The van der Waals surface area contributed by atoms with Crippen molar-refractivity contribution >= 4 is 11.8 Å². The van der Waals surface area contributed by atoms with Crippen LogP contribution in [0.15, 0.2) is 0 Å². The maximum absolute atomic E-state index is 12.9. The Morgan fingerprint density at radius 1 is 1.25 bits per heavy atom. The van der Waals surface area contributed by atoms with E-state index < -0.39 is 5.54 Å². The van der Waals surface area contributed by atoms with Crippen LogP contribution in [0.4, 0.5) is 0 Å². The molecule has 2 saturated heterocycles. The molecule has 0 aromatic rings. The van der Waals surface area contributed by atoms with Crippen LogP contribution in [0, 0.1) is 0 Å². The minimum atomic E-state index is -0.548. The highest BCUT2D eigenvalue weighted by Crippen LogP contribution is 2.21. The van der Waals surface area contributed by atoms with Crippen LogP contribution in [0.3, 0.4) is 0 Å². The van der Waals surface area contributed by atoms with E-state index in [9.17, 15) is 9.59 Å². The lowest BCUT2D eigenvalue weighted by atomic mass is 9.97. The van der Waals surface area contributed by atoms with Gasteiger partial charge in [-0.3, -0.25) is 14.5 Å². The second-order valence-electron chi connectivity index (χ2n) is 6.01. The highest BCUT2D eigenvalue weighted by atomic mass is 16.2. The van der Waals surface area contributed by atoms with E-state index in [1.165, 1.54) is 0 Å². The second kappa shape index (κ2) is 6.10. The molecule has 2 amide bonds. The van der Waals surface area contributed by atoms with Crippen LogP contribution >= 0.6 is 0 Å². The summed E-state index contributed by atoms with van der Waals surface area (Å²) in [5.41, 5.74) is -0.548. The molecule has 0 bridgehead atoms. The predicted molar refractivity (Wildman–Crippen MR) is 77.3 cm³/mol. The molecule has 0 aromatic heterocycles. The van der Waals surface area contributed by atoms with Gasteiger partial charge in [0.15, 0.2) is 0 Å². The molecule has 0 aliphatic carbocycles. The lowest BCUT2D eigenvalue weighted by Gasteiger charge is -2.45. The number of rotatable bonds is 3. The second-order valence-corrected chi connectivity index (χ2v) is 6.01. The molecule has 2 N–H and O–H groups in total. The van der Waals surface area contributed by atoms with Gasteiger partial charge in [0.1, 0.15) is 6.04 Å². The van der Waals surface area contributed by atoms with Crippen molar-refractivity contribution in [1.82, 2.24) is 20.4 Å². The van der Waals surface area contributed by atoms with E-state index in [1.54, 1.807) is 4.90 Å². The summed E-state index contributed by atoms with van der Waals surface area (Å²) in [6, 6.07) is -0.321. The number of piperazine rings is 2. The Kier molecular flexibility index (Phi) is 4.65. The number of nitrogens with zero attached hydrogens (tertiary/aromatic N) is 2. The van der Waals surface area contributed by atoms with Crippen LogP contribution in [0.5, 0.6) is 0 Å². The Morgan fingerprint density at radius 2 is 1.90 bits per heavy atom. The number of hydrogen-bond acceptors (Lipinski definition) is 4. The van der Waals surface area contributed by atoms with Gasteiger partial charge in [-0.25, -0.2) is 0 Å². The maximum Gasteiger partial charge on any atom is 0.243 e. The van der Waals surface area contributed by atoms with E-state index in [2.05, 4.69) is 15.5 Å². The third-order valence-electron chi connectivity index (χ3n) is 4.41. The quantitative estimate of drug-likeness (QED) is 0.726. The van der Waals surface area contributed by atoms with Gasteiger partial charge >= 0.3 is 0 Å². The minimum absolute atomic E-state index is 0.0248. The van der Waals surface area contributed by atoms with Gasteiger partial charge in [0, 0.05) is 39.3 Å². The van der Waals surface area contributed by atoms with E-state index in [-0.39, 0.29) is 17.9 Å². The molecule has 0 radical (unpaired) electrons. The summed E-state index contributed by atoms with van der Waals surface area (Å²) in [4.78, 5) is 28.8. The zero-order valence-electron chi connectivity index (χ0n) is 12.7. The van der Waals surface area contributed by atoms with Gasteiger partial charge in [-0.15, -0.1) is 0 Å². The molecule has 2 heterocycles. The van der Waals surface area contributed by atoms with Crippen LogP contribution in [-0.4, -0.2) is 72.5 Å². The fraction of sp³-hybridized carbons (Fsp3) is 0.857. The Labute approximate surface area is 120 Å². The number of amides is 2. The van der Waals surface area contributed by atoms with Crippen LogP contribution in [0.2, 0.25) is 0 Å². The molecular formula is C14H26N4O2. The SMILES string of the molecule is CCC1C(=O)NCCN1C(=O)C(C)(C)N1CCNCC1. The van der Waals surface area contributed by atoms with Gasteiger partial charge < -0.3 is 15.5 Å². The topological polar surface area (TPSA) is 64.7 Å². The lowest BCUT2D eigenvalue weighted by Crippen LogP contribution is -2.65. The van der Waals surface area contributed by atoms with Crippen LogP contribution < -0.4 is 10.6 Å². The van der Waals surface area contributed by atoms with Gasteiger partial charge in [-0.2, -0.15) is 0 Å². The number of nitrogens with one attached hydrogen (secondary N) is 2. The van der Waals surface area contributed by atoms with Crippen molar-refractivity contribution in [3.63, 3.8) is 0 Å². The van der Waals surface area contributed by atoms with Crippen molar-refractivity contribution in [3.8, 4) is 0 Å². The molecule has 0 aromatic carbocycles. The molecule has 2 aliphatic heterocycles. The molecule has 1 atom stereocenters. The normalized spacial score (nSPS) is 25.4. The molecule has 0 spiro atoms. The van der Waals surface area contributed by atoms with Crippen molar-refractivity contribution in [2.45, 2.75) is 38.8 Å². The van der Waals surface area contributed by atoms with Crippen molar-refractivity contribution in [2.75, 3.05) is 39.3 Å². The summed E-state index contributed by atoms with van der Waals surface area (Å²) >= 11 is 0. The Morgan fingerprint density at radius 3 is 2.50 bits per heavy atom. The first-order valence-electron chi connectivity index (χ1n) is 7.53. The summed E-state index contributed by atoms with van der Waals surface area (Å²) in [5, 5.41) is 6.14. The van der Waals surface area contributed by atoms with Gasteiger partial charge in [0.05, 0.1) is 5.54 Å². The number of carbonyl (C=O) groups is 2. The zero-order chi connectivity index (χ0) is 14.8. The van der Waals surface area contributed by atoms with E-state index in [1.807, 2.05) is 20.8 Å². The van der Waals surface area contributed by atoms with E-state index >= 15 is 0 Å². The lowest BCUT2D eigenvalue weighted by molar-refractivity contribution is -0.152. The first kappa shape index (κ1) is 15.3. The fourth-order valence-corrected chi connectivity index (χ4v) is 3.07. The highest BCUT2D eigenvalue weighted by molar-refractivity contribution is 5.92. The van der Waals surface area contributed by atoms with E-state index in [4.69, 9.17) is 0 Å². The monoisotopic (exact) mass is 282 g/mol. The molecule has 2 fully saturated rings. The average molecular weight is 282 g/mol. The summed E-state index contributed by atoms with van der Waals surface area (Å²) in [7, 11) is 0. The van der Waals surface area contributed by atoms with Gasteiger partial charge in [-0.1, -0.05) is 6.92 Å². The molecule has 2 aliphatic rings. The largest absolute Gasteiger partial charge is 0.353 e. The predicted octanol–water partition coefficient (Wildman–Crippen LogP) is -0.593. The average Bonchev–Trinajstić information content (AvgIpc) is 2.47. The Hall–Kier alpha value is -1.14. The van der Waals surface area contributed by atoms with Crippen LogP contribution in [0.1, 0.15) is 27.2 Å². The molecular weight excluding hydrogens is 256 g/mol. The van der Waals surface area contributed by atoms with E-state index in [0.29, 0.717) is 19.5 Å². The van der Waals surface area contributed by atoms with Gasteiger partial charge in [0.25, 0.3) is 0 Å². The molecule has 0 saturated carbocycles. The summed E-state index contributed by atoms with van der Waals surface area (Å²) in [5.74, 6) is 0.0457. The highest BCUT2D eigenvalue weighted by Gasteiger charge is 2.42. The minimum Gasteiger partial charge on any atom is -0.353 e. The van der Waals surface area contributed by atoms with E-state index in [0.717, 1.165) is 26.2 Å². The van der Waals surface area contributed by atoms with Crippen molar-refractivity contribution < 1.29 is 9.59 Å². The fourth-order valence-electron chi connectivity index (χ4n) is 3.07. The summed E-state index contributed by atoms with van der Waals surface area (Å²) < 4.78 is 0. The van der Waals surface area contributed by atoms with Crippen molar-refractivity contribution in [3.05, 3.63) is 0 Å². The number of carbonyl (C=O) groups excluding carboxylic acids is 2.